The molecule has 5 fully saturated rings. The Morgan fingerprint density at radius 2 is 1.85 bits per heavy atom. The van der Waals surface area contributed by atoms with Crippen molar-refractivity contribution >= 4 is 5.78 Å². The zero-order valence-electron chi connectivity index (χ0n) is 17.4. The standard InChI is InChI=1S/C24H38O3/c1-23-12-10-17(27-22-5-3-4-14-26-22)15-16(23)6-7-18-19-8-9-21(25)24(19,2)13-11-20(18)23/h16-20,22H,3-15H2,1-2H3/t16-,17-,18+,19+,20+,22+,23-,24-/m0/s1. The fourth-order valence-corrected chi connectivity index (χ4v) is 8.15. The fourth-order valence-electron chi connectivity index (χ4n) is 8.15. The minimum absolute atomic E-state index is 0.0169. The van der Waals surface area contributed by atoms with E-state index in [-0.39, 0.29) is 11.7 Å². The molecule has 152 valence electrons. The van der Waals surface area contributed by atoms with Gasteiger partial charge in [0, 0.05) is 18.4 Å². The topological polar surface area (TPSA) is 35.5 Å². The van der Waals surface area contributed by atoms with Gasteiger partial charge in [0.1, 0.15) is 5.78 Å². The van der Waals surface area contributed by atoms with Gasteiger partial charge in [0.05, 0.1) is 6.10 Å². The summed E-state index contributed by atoms with van der Waals surface area (Å²) in [7, 11) is 0. The average molecular weight is 375 g/mol. The first-order chi connectivity index (χ1) is 13.0. The molecule has 0 aromatic rings. The highest BCUT2D eigenvalue weighted by Crippen LogP contribution is 2.65. The second-order valence-electron chi connectivity index (χ2n) is 10.9. The van der Waals surface area contributed by atoms with E-state index in [9.17, 15) is 4.79 Å². The third kappa shape index (κ3) is 2.94. The van der Waals surface area contributed by atoms with Crippen LogP contribution >= 0.6 is 0 Å². The molecule has 3 nitrogen and oxygen atoms in total. The normalized spacial score (nSPS) is 52.7. The predicted octanol–water partition coefficient (Wildman–Crippen LogP) is 5.51. The number of rotatable bonds is 2. The zero-order valence-corrected chi connectivity index (χ0v) is 17.4. The van der Waals surface area contributed by atoms with Gasteiger partial charge in [-0.1, -0.05) is 13.8 Å². The molecule has 0 N–H and O–H groups in total. The molecule has 0 aromatic heterocycles. The van der Waals surface area contributed by atoms with E-state index in [1.165, 1.54) is 57.8 Å². The molecule has 1 aliphatic heterocycles. The molecule has 4 saturated carbocycles. The highest BCUT2D eigenvalue weighted by atomic mass is 16.7. The molecule has 27 heavy (non-hydrogen) atoms. The highest BCUT2D eigenvalue weighted by Gasteiger charge is 2.60. The summed E-state index contributed by atoms with van der Waals surface area (Å²) in [5.41, 5.74) is 0.492. The lowest BCUT2D eigenvalue weighted by Crippen LogP contribution is -2.54. The van der Waals surface area contributed by atoms with Crippen LogP contribution in [0.1, 0.15) is 90.9 Å². The van der Waals surface area contributed by atoms with Crippen molar-refractivity contribution in [3.05, 3.63) is 0 Å². The number of ether oxygens (including phenoxy) is 2. The average Bonchev–Trinajstić information content (AvgIpc) is 2.98. The molecule has 4 aliphatic carbocycles. The van der Waals surface area contributed by atoms with Crippen LogP contribution < -0.4 is 0 Å². The van der Waals surface area contributed by atoms with E-state index >= 15 is 0 Å². The van der Waals surface area contributed by atoms with Crippen LogP contribution in [0.15, 0.2) is 0 Å². The van der Waals surface area contributed by atoms with Gasteiger partial charge in [-0.05, 0) is 99.7 Å². The summed E-state index contributed by atoms with van der Waals surface area (Å²) in [4.78, 5) is 12.6. The summed E-state index contributed by atoms with van der Waals surface area (Å²) in [6, 6.07) is 0. The van der Waals surface area contributed by atoms with Gasteiger partial charge in [-0.3, -0.25) is 4.79 Å². The second-order valence-corrected chi connectivity index (χ2v) is 10.9. The lowest BCUT2D eigenvalue weighted by Gasteiger charge is -2.60. The minimum Gasteiger partial charge on any atom is -0.353 e. The van der Waals surface area contributed by atoms with Gasteiger partial charge in [-0.25, -0.2) is 0 Å². The largest absolute Gasteiger partial charge is 0.353 e. The van der Waals surface area contributed by atoms with Crippen molar-refractivity contribution in [2.75, 3.05) is 6.61 Å². The van der Waals surface area contributed by atoms with Crippen molar-refractivity contribution < 1.29 is 14.3 Å². The van der Waals surface area contributed by atoms with Crippen LogP contribution in [0.25, 0.3) is 0 Å². The molecule has 0 amide bonds. The maximum Gasteiger partial charge on any atom is 0.157 e. The maximum absolute atomic E-state index is 12.6. The van der Waals surface area contributed by atoms with Crippen LogP contribution in [0, 0.1) is 34.5 Å². The van der Waals surface area contributed by atoms with E-state index in [1.807, 2.05) is 0 Å². The number of ketones is 1. The molecule has 0 spiro atoms. The molecule has 0 bridgehead atoms. The summed E-state index contributed by atoms with van der Waals surface area (Å²) in [5, 5.41) is 0. The molecule has 0 aromatic carbocycles. The van der Waals surface area contributed by atoms with Crippen LogP contribution in [0.4, 0.5) is 0 Å². The Labute approximate surface area is 164 Å². The number of hydrogen-bond acceptors (Lipinski definition) is 3. The Morgan fingerprint density at radius 1 is 0.963 bits per heavy atom. The van der Waals surface area contributed by atoms with Crippen LogP contribution in [0.3, 0.4) is 0 Å². The summed E-state index contributed by atoms with van der Waals surface area (Å²) < 4.78 is 12.2. The molecule has 1 heterocycles. The lowest BCUT2D eigenvalue weighted by atomic mass is 9.45. The Balaban J connectivity index is 1.28. The predicted molar refractivity (Wildman–Crippen MR) is 105 cm³/mol. The van der Waals surface area contributed by atoms with Crippen molar-refractivity contribution in [3.8, 4) is 0 Å². The minimum atomic E-state index is 0.0169. The van der Waals surface area contributed by atoms with Crippen LogP contribution in [-0.4, -0.2) is 24.8 Å². The fraction of sp³-hybridized carbons (Fsp3) is 0.958. The summed E-state index contributed by atoms with van der Waals surface area (Å²) in [6.45, 7) is 5.77. The Morgan fingerprint density at radius 3 is 2.67 bits per heavy atom. The van der Waals surface area contributed by atoms with Gasteiger partial charge in [0.15, 0.2) is 6.29 Å². The zero-order chi connectivity index (χ0) is 18.6. The number of carbonyl (C=O) groups excluding carboxylic acids is 1. The molecule has 8 atom stereocenters. The maximum atomic E-state index is 12.6. The van der Waals surface area contributed by atoms with Gasteiger partial charge >= 0.3 is 0 Å². The monoisotopic (exact) mass is 374 g/mol. The molecule has 3 heteroatoms. The number of fused-ring (bicyclic) bond motifs is 5. The van der Waals surface area contributed by atoms with Crippen molar-refractivity contribution in [3.63, 3.8) is 0 Å². The smallest absolute Gasteiger partial charge is 0.157 e. The first-order valence-corrected chi connectivity index (χ1v) is 11.8. The van der Waals surface area contributed by atoms with E-state index in [4.69, 9.17) is 9.47 Å². The first kappa shape index (κ1) is 18.6. The molecule has 1 saturated heterocycles. The van der Waals surface area contributed by atoms with E-state index in [2.05, 4.69) is 13.8 Å². The third-order valence-corrected chi connectivity index (χ3v) is 9.81. The van der Waals surface area contributed by atoms with Crippen molar-refractivity contribution in [1.82, 2.24) is 0 Å². The quantitative estimate of drug-likeness (QED) is 0.598. The molecule has 0 unspecified atom stereocenters. The first-order valence-electron chi connectivity index (χ1n) is 11.8. The van der Waals surface area contributed by atoms with Crippen LogP contribution in [0.5, 0.6) is 0 Å². The van der Waals surface area contributed by atoms with Crippen molar-refractivity contribution in [2.45, 2.75) is 103 Å². The summed E-state index contributed by atoms with van der Waals surface area (Å²) >= 11 is 0. The molecular formula is C24H38O3. The van der Waals surface area contributed by atoms with E-state index in [0.717, 1.165) is 43.6 Å². The Kier molecular flexibility index (Phi) is 4.71. The van der Waals surface area contributed by atoms with E-state index in [0.29, 0.717) is 23.2 Å². The number of carbonyl (C=O) groups is 1. The molecule has 5 aliphatic rings. The SMILES string of the molecule is C[C@]12CC[C@H](O[C@@H]3CCCCO3)C[C@@H]1CC[C@H]1[C@H]2CC[C@]2(C)C(=O)CC[C@H]12. The van der Waals surface area contributed by atoms with E-state index < -0.39 is 0 Å². The molecule has 5 rings (SSSR count). The lowest BCUT2D eigenvalue weighted by molar-refractivity contribution is -0.211. The highest BCUT2D eigenvalue weighted by molar-refractivity contribution is 5.87. The van der Waals surface area contributed by atoms with Crippen LogP contribution in [0.2, 0.25) is 0 Å². The van der Waals surface area contributed by atoms with Crippen molar-refractivity contribution in [2.24, 2.45) is 34.5 Å². The van der Waals surface area contributed by atoms with Gasteiger partial charge in [-0.15, -0.1) is 0 Å². The van der Waals surface area contributed by atoms with Gasteiger partial charge in [0.25, 0.3) is 0 Å². The summed E-state index contributed by atoms with van der Waals surface area (Å²) in [5.74, 6) is 3.69. The third-order valence-electron chi connectivity index (χ3n) is 9.81. The number of hydrogen-bond donors (Lipinski definition) is 0. The Bertz CT molecular complexity index is 582. The van der Waals surface area contributed by atoms with Crippen LogP contribution in [-0.2, 0) is 14.3 Å². The molecular weight excluding hydrogens is 336 g/mol. The van der Waals surface area contributed by atoms with Crippen molar-refractivity contribution in [1.29, 1.82) is 0 Å². The summed E-state index contributed by atoms with van der Waals surface area (Å²) in [6.07, 6.45) is 14.9. The van der Waals surface area contributed by atoms with Gasteiger partial charge < -0.3 is 9.47 Å². The number of Topliss-reactive ketones (excluding diaryl/α,β-unsaturated/α-hetero) is 1. The second kappa shape index (κ2) is 6.83. The molecule has 0 radical (unpaired) electrons. The van der Waals surface area contributed by atoms with Gasteiger partial charge in [0.2, 0.25) is 0 Å². The van der Waals surface area contributed by atoms with E-state index in [1.54, 1.807) is 0 Å². The van der Waals surface area contributed by atoms with Gasteiger partial charge in [-0.2, -0.15) is 0 Å². The Hall–Kier alpha value is -0.410.